The van der Waals surface area contributed by atoms with Gasteiger partial charge in [0, 0.05) is 11.3 Å². The summed E-state index contributed by atoms with van der Waals surface area (Å²) in [6.07, 6.45) is 4.16. The van der Waals surface area contributed by atoms with Crippen LogP contribution < -0.4 is 5.32 Å². The van der Waals surface area contributed by atoms with Gasteiger partial charge in [0.15, 0.2) is 5.69 Å². The molecule has 1 N–H and O–H groups in total. The smallest absolute Gasteiger partial charge is 0.275 e. The molecule has 0 unspecified atom stereocenters. The lowest BCUT2D eigenvalue weighted by Crippen LogP contribution is -2.51. The zero-order valence-corrected chi connectivity index (χ0v) is 17.3. The van der Waals surface area contributed by atoms with Crippen molar-refractivity contribution in [3.05, 3.63) is 70.8 Å². The molecule has 1 aliphatic heterocycles. The van der Waals surface area contributed by atoms with Crippen molar-refractivity contribution in [3.63, 3.8) is 0 Å². The van der Waals surface area contributed by atoms with E-state index < -0.39 is 17.4 Å². The second-order valence-corrected chi connectivity index (χ2v) is 7.94. The SMILES string of the molecule is [C-]#[N+]c1cc(F)cc(NC(=O)CN2C(=O)C(c3ccc(C#N)cc3)=NC23CCCCC3)c1. The molecule has 0 radical (unpaired) electrons. The highest BCUT2D eigenvalue weighted by Crippen LogP contribution is 2.39. The average molecular weight is 429 g/mol. The second kappa shape index (κ2) is 8.60. The summed E-state index contributed by atoms with van der Waals surface area (Å²) in [5, 5.41) is 11.6. The molecule has 0 saturated heterocycles. The van der Waals surface area contributed by atoms with Gasteiger partial charge < -0.3 is 10.2 Å². The number of nitrogens with one attached hydrogen (secondary N) is 1. The first-order valence-corrected chi connectivity index (χ1v) is 10.3. The normalized spacial score (nSPS) is 16.9. The van der Waals surface area contributed by atoms with Gasteiger partial charge in [0.2, 0.25) is 5.91 Å². The number of amides is 2. The van der Waals surface area contributed by atoms with Gasteiger partial charge in [0.25, 0.3) is 5.91 Å². The fourth-order valence-electron chi connectivity index (χ4n) is 4.30. The van der Waals surface area contributed by atoms with Gasteiger partial charge in [-0.15, -0.1) is 0 Å². The number of anilines is 1. The standard InChI is InChI=1S/C24H20FN5O2/c1-27-19-11-18(25)12-20(13-19)28-21(31)15-30-23(32)22(17-7-5-16(14-26)6-8-17)29-24(30)9-3-2-4-10-24/h5-8,11-13H,2-4,9-10,15H2,(H,28,31). The molecule has 4 rings (SSSR count). The van der Waals surface area contributed by atoms with Crippen molar-refractivity contribution < 1.29 is 14.0 Å². The molecule has 1 saturated carbocycles. The van der Waals surface area contributed by atoms with E-state index in [1.807, 2.05) is 6.07 Å². The van der Waals surface area contributed by atoms with Gasteiger partial charge in [0.1, 0.15) is 23.7 Å². The van der Waals surface area contributed by atoms with Crippen molar-refractivity contribution in [1.82, 2.24) is 4.90 Å². The van der Waals surface area contributed by atoms with Crippen LogP contribution in [0.5, 0.6) is 0 Å². The molecule has 2 aromatic carbocycles. The van der Waals surface area contributed by atoms with Gasteiger partial charge in [-0.05, 0) is 56.0 Å². The van der Waals surface area contributed by atoms with Crippen molar-refractivity contribution in [2.45, 2.75) is 37.8 Å². The van der Waals surface area contributed by atoms with Crippen LogP contribution in [0.25, 0.3) is 4.85 Å². The highest BCUT2D eigenvalue weighted by molar-refractivity contribution is 6.47. The number of nitriles is 1. The highest BCUT2D eigenvalue weighted by atomic mass is 19.1. The Hall–Kier alpha value is -4.04. The van der Waals surface area contributed by atoms with Crippen molar-refractivity contribution in [1.29, 1.82) is 5.26 Å². The molecule has 1 heterocycles. The van der Waals surface area contributed by atoms with E-state index in [1.54, 1.807) is 24.3 Å². The average Bonchev–Trinajstić information content (AvgIpc) is 3.05. The van der Waals surface area contributed by atoms with E-state index in [-0.39, 0.29) is 29.5 Å². The van der Waals surface area contributed by atoms with Crippen LogP contribution in [0.3, 0.4) is 0 Å². The van der Waals surface area contributed by atoms with E-state index in [0.717, 1.165) is 31.4 Å². The molecule has 0 bridgehead atoms. The lowest BCUT2D eigenvalue weighted by molar-refractivity contribution is -0.134. The lowest BCUT2D eigenvalue weighted by Gasteiger charge is -2.38. The van der Waals surface area contributed by atoms with Crippen LogP contribution in [-0.4, -0.2) is 34.6 Å². The number of hydrogen-bond donors (Lipinski definition) is 1. The van der Waals surface area contributed by atoms with E-state index in [4.69, 9.17) is 16.8 Å². The molecule has 160 valence electrons. The topological polar surface area (TPSA) is 89.9 Å². The first-order chi connectivity index (χ1) is 15.4. The van der Waals surface area contributed by atoms with Gasteiger partial charge in [-0.2, -0.15) is 5.26 Å². The lowest BCUT2D eigenvalue weighted by atomic mass is 9.88. The van der Waals surface area contributed by atoms with Crippen LogP contribution in [-0.2, 0) is 9.59 Å². The summed E-state index contributed by atoms with van der Waals surface area (Å²) in [7, 11) is 0. The second-order valence-electron chi connectivity index (χ2n) is 7.94. The molecule has 0 aromatic heterocycles. The maximum absolute atomic E-state index is 13.7. The minimum atomic E-state index is -0.778. The fraction of sp³-hybridized carbons (Fsp3) is 0.292. The Morgan fingerprint density at radius 2 is 1.94 bits per heavy atom. The Balaban J connectivity index is 1.59. The Morgan fingerprint density at radius 1 is 1.22 bits per heavy atom. The van der Waals surface area contributed by atoms with E-state index in [9.17, 15) is 14.0 Å². The fourth-order valence-corrected chi connectivity index (χ4v) is 4.30. The van der Waals surface area contributed by atoms with Crippen molar-refractivity contribution in [2.24, 2.45) is 4.99 Å². The summed E-state index contributed by atoms with van der Waals surface area (Å²) in [5.41, 5.74) is 0.835. The molecular weight excluding hydrogens is 409 g/mol. The highest BCUT2D eigenvalue weighted by Gasteiger charge is 2.48. The van der Waals surface area contributed by atoms with Gasteiger partial charge in [-0.1, -0.05) is 18.6 Å². The number of carbonyl (C=O) groups excluding carboxylic acids is 2. The van der Waals surface area contributed by atoms with Crippen LogP contribution in [0.15, 0.2) is 47.5 Å². The number of carbonyl (C=O) groups is 2. The molecular formula is C24H20FN5O2. The minimum Gasteiger partial charge on any atom is -0.326 e. The van der Waals surface area contributed by atoms with E-state index in [1.165, 1.54) is 11.0 Å². The molecule has 0 atom stereocenters. The summed E-state index contributed by atoms with van der Waals surface area (Å²) in [4.78, 5) is 35.6. The van der Waals surface area contributed by atoms with Crippen LogP contribution >= 0.6 is 0 Å². The zero-order valence-electron chi connectivity index (χ0n) is 17.3. The maximum atomic E-state index is 13.7. The number of rotatable bonds is 4. The first-order valence-electron chi connectivity index (χ1n) is 10.3. The molecule has 1 fully saturated rings. The summed E-state index contributed by atoms with van der Waals surface area (Å²) >= 11 is 0. The number of hydrogen-bond acceptors (Lipinski definition) is 4. The quantitative estimate of drug-likeness (QED) is 0.740. The molecule has 8 heteroatoms. The van der Waals surface area contributed by atoms with Crippen LogP contribution in [0.1, 0.15) is 43.2 Å². The summed E-state index contributed by atoms with van der Waals surface area (Å²) in [6, 6.07) is 12.3. The Labute approximate surface area is 185 Å². The molecule has 2 amide bonds. The number of benzene rings is 2. The largest absolute Gasteiger partial charge is 0.326 e. The predicted octanol–water partition coefficient (Wildman–Crippen LogP) is 4.18. The third-order valence-electron chi connectivity index (χ3n) is 5.81. The summed E-state index contributed by atoms with van der Waals surface area (Å²) in [5.74, 6) is -1.45. The van der Waals surface area contributed by atoms with Gasteiger partial charge >= 0.3 is 0 Å². The number of halogens is 1. The molecule has 2 aliphatic rings. The van der Waals surface area contributed by atoms with Gasteiger partial charge in [-0.3, -0.25) is 14.6 Å². The number of nitrogens with zero attached hydrogens (tertiary/aromatic N) is 4. The third kappa shape index (κ3) is 4.08. The van der Waals surface area contributed by atoms with Crippen molar-refractivity contribution in [2.75, 3.05) is 11.9 Å². The Bertz CT molecular complexity index is 1180. The maximum Gasteiger partial charge on any atom is 0.275 e. The van der Waals surface area contributed by atoms with Crippen LogP contribution in [0.4, 0.5) is 15.8 Å². The molecule has 32 heavy (non-hydrogen) atoms. The van der Waals surface area contributed by atoms with E-state index in [0.29, 0.717) is 24.0 Å². The van der Waals surface area contributed by atoms with Crippen molar-refractivity contribution >= 4 is 28.9 Å². The van der Waals surface area contributed by atoms with Crippen LogP contribution in [0, 0.1) is 23.7 Å². The number of aliphatic imine (C=N–C) groups is 1. The Kier molecular flexibility index (Phi) is 5.70. The monoisotopic (exact) mass is 429 g/mol. The van der Waals surface area contributed by atoms with E-state index in [2.05, 4.69) is 10.2 Å². The summed E-state index contributed by atoms with van der Waals surface area (Å²) < 4.78 is 13.7. The summed E-state index contributed by atoms with van der Waals surface area (Å²) in [6.45, 7) is 6.82. The minimum absolute atomic E-state index is 0.0766. The zero-order chi connectivity index (χ0) is 22.7. The molecule has 7 nitrogen and oxygen atoms in total. The first kappa shape index (κ1) is 21.2. The third-order valence-corrected chi connectivity index (χ3v) is 5.81. The molecule has 2 aromatic rings. The van der Waals surface area contributed by atoms with Gasteiger partial charge in [-0.25, -0.2) is 9.24 Å². The molecule has 1 spiro atoms. The van der Waals surface area contributed by atoms with Crippen LogP contribution in [0.2, 0.25) is 0 Å². The molecule has 1 aliphatic carbocycles. The van der Waals surface area contributed by atoms with E-state index >= 15 is 0 Å². The predicted molar refractivity (Wildman–Crippen MR) is 117 cm³/mol. The Morgan fingerprint density at radius 3 is 2.59 bits per heavy atom. The van der Waals surface area contributed by atoms with Gasteiger partial charge in [0.05, 0.1) is 18.2 Å². The van der Waals surface area contributed by atoms with Crippen molar-refractivity contribution in [3.8, 4) is 6.07 Å².